The summed E-state index contributed by atoms with van der Waals surface area (Å²) in [6.45, 7) is 0. The maximum Gasteiger partial charge on any atom is 0.433 e. The molecule has 182 valence electrons. The second kappa shape index (κ2) is 10.4. The van der Waals surface area contributed by atoms with Gasteiger partial charge in [0.05, 0.1) is 25.1 Å². The molecule has 1 N–H and O–H groups in total. The lowest BCUT2D eigenvalue weighted by Crippen LogP contribution is -2.54. The molecular weight excluding hydrogens is 510 g/mol. The first-order valence-corrected chi connectivity index (χ1v) is 11.0. The fourth-order valence-corrected chi connectivity index (χ4v) is 3.63. The van der Waals surface area contributed by atoms with Gasteiger partial charge in [0.15, 0.2) is 16.6 Å². The second-order valence-corrected chi connectivity index (χ2v) is 8.02. The highest BCUT2D eigenvalue weighted by Gasteiger charge is 2.34. The maximum atomic E-state index is 13.1. The van der Waals surface area contributed by atoms with E-state index in [9.17, 15) is 19.7 Å². The number of furan rings is 1. The van der Waals surface area contributed by atoms with Crippen molar-refractivity contribution in [1.82, 2.24) is 5.32 Å². The summed E-state index contributed by atoms with van der Waals surface area (Å²) < 4.78 is 15.9. The van der Waals surface area contributed by atoms with Crippen LogP contribution in [0.4, 0.5) is 11.6 Å². The third-order valence-corrected chi connectivity index (χ3v) is 5.44. The van der Waals surface area contributed by atoms with E-state index in [4.69, 9.17) is 37.7 Å². The van der Waals surface area contributed by atoms with Gasteiger partial charge in [-0.25, -0.2) is 0 Å². The molecule has 10 nitrogen and oxygen atoms in total. The molecule has 0 saturated carbocycles. The van der Waals surface area contributed by atoms with Crippen LogP contribution in [0.2, 0.25) is 5.02 Å². The predicted molar refractivity (Wildman–Crippen MR) is 136 cm³/mol. The number of ether oxygens (including phenoxy) is 2. The van der Waals surface area contributed by atoms with Crippen molar-refractivity contribution in [2.75, 3.05) is 12.0 Å². The molecule has 36 heavy (non-hydrogen) atoms. The van der Waals surface area contributed by atoms with Gasteiger partial charge in [0.25, 0.3) is 11.8 Å². The molecule has 1 aliphatic heterocycles. The van der Waals surface area contributed by atoms with Crippen molar-refractivity contribution in [2.45, 2.75) is 0 Å². The molecule has 0 aliphatic carbocycles. The molecule has 1 aromatic heterocycles. The first-order chi connectivity index (χ1) is 17.3. The van der Waals surface area contributed by atoms with Crippen molar-refractivity contribution in [1.29, 1.82) is 0 Å². The third-order valence-electron chi connectivity index (χ3n) is 4.91. The van der Waals surface area contributed by atoms with E-state index in [-0.39, 0.29) is 22.3 Å². The number of hydrogen-bond donors (Lipinski definition) is 1. The molecular formula is C24H16ClN3O7S. The first-order valence-electron chi connectivity index (χ1n) is 10.2. The molecule has 2 heterocycles. The Bertz CT molecular complexity index is 1430. The number of nitrogens with one attached hydrogen (secondary N) is 1. The van der Waals surface area contributed by atoms with Crippen LogP contribution in [0.25, 0.3) is 12.2 Å². The quantitative estimate of drug-likeness (QED) is 0.117. The lowest BCUT2D eigenvalue weighted by molar-refractivity contribution is -0.402. The fourth-order valence-electron chi connectivity index (χ4n) is 3.22. The number of nitro groups is 1. The van der Waals surface area contributed by atoms with Crippen molar-refractivity contribution in [3.05, 3.63) is 92.9 Å². The minimum absolute atomic E-state index is 0.0422. The fraction of sp³-hybridized carbons (Fsp3) is 0.0417. The van der Waals surface area contributed by atoms with E-state index < -0.39 is 16.7 Å². The standard InChI is InChI=1S/C24H16ClN3O7S/c1-33-20-13-14(2-8-19(20)34-11-10-17-7-9-21(35-17)28(31)32)12-18-22(29)26-24(36)27(23(18)30)16-5-3-15(25)4-6-16/h2-13H,1H3,(H,26,29,36). The minimum Gasteiger partial charge on any atom is -0.493 e. The molecule has 12 heteroatoms. The molecule has 0 radical (unpaired) electrons. The number of thiocarbonyl (C=S) groups is 1. The van der Waals surface area contributed by atoms with Crippen LogP contribution in [0.5, 0.6) is 11.5 Å². The molecule has 1 fully saturated rings. The van der Waals surface area contributed by atoms with Gasteiger partial charge in [0, 0.05) is 11.1 Å². The monoisotopic (exact) mass is 525 g/mol. The second-order valence-electron chi connectivity index (χ2n) is 7.20. The van der Waals surface area contributed by atoms with Gasteiger partial charge in [-0.1, -0.05) is 17.7 Å². The Morgan fingerprint density at radius 1 is 1.11 bits per heavy atom. The first kappa shape index (κ1) is 24.6. The summed E-state index contributed by atoms with van der Waals surface area (Å²) in [6, 6.07) is 13.9. The largest absolute Gasteiger partial charge is 0.493 e. The van der Waals surface area contributed by atoms with E-state index in [1.54, 1.807) is 42.5 Å². The summed E-state index contributed by atoms with van der Waals surface area (Å²) in [5, 5.41) is 13.7. The molecule has 2 amide bonds. The minimum atomic E-state index is -0.645. The molecule has 4 rings (SSSR count). The van der Waals surface area contributed by atoms with Crippen molar-refractivity contribution in [3.8, 4) is 11.5 Å². The number of carbonyl (C=O) groups is 2. The summed E-state index contributed by atoms with van der Waals surface area (Å²) in [5.74, 6) is -0.757. The SMILES string of the molecule is COc1cc(C=C2C(=O)NC(=S)N(c3ccc(Cl)cc3)C2=O)ccc1OC=Cc1ccc([N+](=O)[O-])o1. The highest BCUT2D eigenvalue weighted by Crippen LogP contribution is 2.30. The van der Waals surface area contributed by atoms with Gasteiger partial charge in [-0.15, -0.1) is 0 Å². The number of methoxy groups -OCH3 is 1. The lowest BCUT2D eigenvalue weighted by atomic mass is 10.1. The number of rotatable bonds is 7. The van der Waals surface area contributed by atoms with Crippen molar-refractivity contribution in [3.63, 3.8) is 0 Å². The van der Waals surface area contributed by atoms with Crippen LogP contribution < -0.4 is 19.7 Å². The third kappa shape index (κ3) is 5.27. The number of carbonyl (C=O) groups excluding carboxylic acids is 2. The van der Waals surface area contributed by atoms with Gasteiger partial charge >= 0.3 is 5.88 Å². The van der Waals surface area contributed by atoms with Crippen LogP contribution in [-0.2, 0) is 9.59 Å². The number of hydrogen-bond acceptors (Lipinski definition) is 8. The number of halogens is 1. The van der Waals surface area contributed by atoms with Gasteiger partial charge in [0.1, 0.15) is 16.3 Å². The van der Waals surface area contributed by atoms with Crippen LogP contribution in [0.15, 0.2) is 70.8 Å². The average Bonchev–Trinajstić information content (AvgIpc) is 3.33. The van der Waals surface area contributed by atoms with Gasteiger partial charge < -0.3 is 13.9 Å². The lowest BCUT2D eigenvalue weighted by Gasteiger charge is -2.29. The normalized spacial score (nSPS) is 14.9. The van der Waals surface area contributed by atoms with Crippen molar-refractivity contribution >= 4 is 64.5 Å². The molecule has 3 aromatic rings. The van der Waals surface area contributed by atoms with Crippen LogP contribution in [-0.4, -0.2) is 29.0 Å². The summed E-state index contributed by atoms with van der Waals surface area (Å²) >= 11 is 11.1. The van der Waals surface area contributed by atoms with E-state index in [0.29, 0.717) is 27.8 Å². The molecule has 0 atom stereocenters. The Hall–Kier alpha value is -4.48. The van der Waals surface area contributed by atoms with E-state index in [1.807, 2.05) is 0 Å². The van der Waals surface area contributed by atoms with Gasteiger partial charge in [-0.2, -0.15) is 0 Å². The zero-order valence-corrected chi connectivity index (χ0v) is 20.0. The summed E-state index contributed by atoms with van der Waals surface area (Å²) in [5.41, 5.74) is 0.816. The van der Waals surface area contributed by atoms with Crippen molar-refractivity contribution < 1.29 is 28.4 Å². The van der Waals surface area contributed by atoms with Gasteiger partial charge in [0.2, 0.25) is 0 Å². The molecule has 1 saturated heterocycles. The van der Waals surface area contributed by atoms with Gasteiger partial charge in [-0.3, -0.25) is 29.9 Å². The zero-order chi connectivity index (χ0) is 25.8. The van der Waals surface area contributed by atoms with E-state index in [2.05, 4.69) is 5.32 Å². The van der Waals surface area contributed by atoms with Crippen LogP contribution in [0.3, 0.4) is 0 Å². The van der Waals surface area contributed by atoms with E-state index >= 15 is 0 Å². The molecule has 0 bridgehead atoms. The Balaban J connectivity index is 1.56. The topological polar surface area (TPSA) is 124 Å². The number of anilines is 1. The average molecular weight is 526 g/mol. The Kier molecular flexibility index (Phi) is 7.13. The molecule has 1 aliphatic rings. The summed E-state index contributed by atoms with van der Waals surface area (Å²) in [7, 11) is 1.43. The van der Waals surface area contributed by atoms with E-state index in [0.717, 1.165) is 0 Å². The summed E-state index contributed by atoms with van der Waals surface area (Å²) in [4.78, 5) is 36.9. The number of amides is 2. The van der Waals surface area contributed by atoms with Crippen LogP contribution >= 0.6 is 23.8 Å². The van der Waals surface area contributed by atoms with Crippen LogP contribution in [0.1, 0.15) is 11.3 Å². The smallest absolute Gasteiger partial charge is 0.433 e. The van der Waals surface area contributed by atoms with Crippen LogP contribution in [0, 0.1) is 10.1 Å². The van der Waals surface area contributed by atoms with Crippen molar-refractivity contribution in [2.24, 2.45) is 0 Å². The maximum absolute atomic E-state index is 13.1. The Morgan fingerprint density at radius 2 is 1.86 bits per heavy atom. The molecule has 0 unspecified atom stereocenters. The number of nitrogens with zero attached hydrogens (tertiary/aromatic N) is 2. The molecule has 0 spiro atoms. The highest BCUT2D eigenvalue weighted by molar-refractivity contribution is 7.80. The van der Waals surface area contributed by atoms with Gasteiger partial charge in [-0.05, 0) is 66.3 Å². The van der Waals surface area contributed by atoms with E-state index in [1.165, 1.54) is 42.6 Å². The Labute approximate surface area is 214 Å². The predicted octanol–water partition coefficient (Wildman–Crippen LogP) is 4.73. The summed E-state index contributed by atoms with van der Waals surface area (Å²) in [6.07, 6.45) is 4.09. The Morgan fingerprint density at radius 3 is 2.53 bits per heavy atom. The number of benzene rings is 2. The molecule has 2 aromatic carbocycles. The zero-order valence-electron chi connectivity index (χ0n) is 18.5. The highest BCUT2D eigenvalue weighted by atomic mass is 35.5.